The summed E-state index contributed by atoms with van der Waals surface area (Å²) in [5.41, 5.74) is 1.65. The number of hydrogen-bond donors (Lipinski definition) is 3. The van der Waals surface area contributed by atoms with Crippen molar-refractivity contribution in [2.45, 2.75) is 22.6 Å². The Morgan fingerprint density at radius 3 is 1.85 bits per heavy atom. The third kappa shape index (κ3) is 6.02. The highest BCUT2D eigenvalue weighted by molar-refractivity contribution is 6.53. The number of carbonyl (C=O) groups is 3. The Kier molecular flexibility index (Phi) is 7.70. The second-order valence-electron chi connectivity index (χ2n) is 9.55. The van der Waals surface area contributed by atoms with Crippen molar-refractivity contribution in [2.24, 2.45) is 11.8 Å². The number of carbonyl (C=O) groups excluding carboxylic acids is 3. The Hall–Kier alpha value is -2.62. The second kappa shape index (κ2) is 10.7. The number of amides is 3. The summed E-state index contributed by atoms with van der Waals surface area (Å²) in [5.74, 6) is -7.44. The van der Waals surface area contributed by atoms with Crippen molar-refractivity contribution >= 4 is 92.8 Å². The molecule has 3 N–H and O–H groups in total. The zero-order valence-electron chi connectivity index (χ0n) is 20.1. The van der Waals surface area contributed by atoms with Crippen LogP contribution < -0.4 is 16.0 Å². The minimum absolute atomic E-state index is 0.0739. The van der Waals surface area contributed by atoms with Crippen LogP contribution in [0.25, 0.3) is 0 Å². The molecule has 40 heavy (non-hydrogen) atoms. The van der Waals surface area contributed by atoms with Crippen molar-refractivity contribution in [2.75, 3.05) is 16.0 Å². The number of alkyl halides is 4. The van der Waals surface area contributed by atoms with Crippen molar-refractivity contribution < 1.29 is 23.2 Å². The van der Waals surface area contributed by atoms with E-state index in [-0.39, 0.29) is 16.3 Å². The van der Waals surface area contributed by atoms with Crippen LogP contribution in [0.3, 0.4) is 0 Å². The van der Waals surface area contributed by atoms with Crippen LogP contribution in [0.15, 0.2) is 60.7 Å². The molecule has 3 unspecified atom stereocenters. The Balaban J connectivity index is 1.23. The average molecular weight is 648 g/mol. The molecule has 2 saturated carbocycles. The monoisotopic (exact) mass is 645 g/mol. The predicted molar refractivity (Wildman–Crippen MR) is 153 cm³/mol. The number of halogens is 7. The van der Waals surface area contributed by atoms with Crippen molar-refractivity contribution in [1.82, 2.24) is 0 Å². The van der Waals surface area contributed by atoms with Gasteiger partial charge >= 0.3 is 0 Å². The molecule has 0 aromatic heterocycles. The van der Waals surface area contributed by atoms with Crippen LogP contribution in [-0.4, -0.2) is 28.0 Å². The molecule has 0 saturated heterocycles. The summed E-state index contributed by atoms with van der Waals surface area (Å²) in [5, 5.41) is 8.69. The summed E-state index contributed by atoms with van der Waals surface area (Å²) in [6.07, 6.45) is -0.468. The van der Waals surface area contributed by atoms with Gasteiger partial charge < -0.3 is 16.0 Å². The molecule has 0 spiro atoms. The van der Waals surface area contributed by atoms with E-state index >= 15 is 0 Å². The van der Waals surface area contributed by atoms with Crippen LogP contribution in [0.5, 0.6) is 0 Å². The van der Waals surface area contributed by atoms with Crippen molar-refractivity contribution in [3.63, 3.8) is 0 Å². The quantitative estimate of drug-likeness (QED) is 0.227. The first-order chi connectivity index (χ1) is 18.8. The van der Waals surface area contributed by atoms with Crippen LogP contribution in [0.1, 0.15) is 28.3 Å². The minimum atomic E-state index is -2.97. The van der Waals surface area contributed by atoms with E-state index in [4.69, 9.17) is 58.0 Å². The van der Waals surface area contributed by atoms with Crippen molar-refractivity contribution in [3.8, 4) is 0 Å². The predicted octanol–water partition coefficient (Wildman–Crippen LogP) is 8.02. The Bertz CT molecular complexity index is 1510. The Labute approximate surface area is 252 Å². The summed E-state index contributed by atoms with van der Waals surface area (Å²) in [6, 6.07) is 15.1. The number of hydrogen-bond acceptors (Lipinski definition) is 3. The maximum absolute atomic E-state index is 13.1. The molecule has 2 aliphatic rings. The van der Waals surface area contributed by atoms with Gasteiger partial charge in [-0.1, -0.05) is 34.8 Å². The van der Waals surface area contributed by atoms with E-state index in [1.54, 1.807) is 18.2 Å². The zero-order chi connectivity index (χ0) is 29.0. The molecule has 0 heterocycles. The van der Waals surface area contributed by atoms with E-state index in [2.05, 4.69) is 16.0 Å². The highest BCUT2D eigenvalue weighted by atomic mass is 35.5. The highest BCUT2D eigenvalue weighted by Crippen LogP contribution is 2.65. The minimum Gasteiger partial charge on any atom is -0.326 e. The maximum atomic E-state index is 13.1. The van der Waals surface area contributed by atoms with E-state index in [9.17, 15) is 23.2 Å². The molecule has 3 aromatic carbocycles. The molecule has 0 radical (unpaired) electrons. The molecule has 3 atom stereocenters. The lowest BCUT2D eigenvalue weighted by molar-refractivity contribution is -0.119. The van der Waals surface area contributed by atoms with E-state index < -0.39 is 52.2 Å². The molecule has 208 valence electrons. The van der Waals surface area contributed by atoms with Crippen molar-refractivity contribution in [3.05, 3.63) is 86.9 Å². The lowest BCUT2D eigenvalue weighted by Crippen LogP contribution is -2.18. The molecule has 6 nitrogen and oxygen atoms in total. The molecular weight excluding hydrogens is 630 g/mol. The summed E-state index contributed by atoms with van der Waals surface area (Å²) in [7, 11) is 0. The summed E-state index contributed by atoms with van der Waals surface area (Å²) in [6.45, 7) is 0. The van der Waals surface area contributed by atoms with E-state index in [1.165, 1.54) is 42.5 Å². The van der Waals surface area contributed by atoms with Gasteiger partial charge in [-0.25, -0.2) is 8.78 Å². The molecule has 0 bridgehead atoms. The molecule has 3 aromatic rings. The fourth-order valence-corrected chi connectivity index (χ4v) is 5.96. The second-order valence-corrected chi connectivity index (χ2v) is 12.3. The standard InChI is InChI=1S/C27H18Cl5F2N3O3/c28-13-7-12(8-14(29)9-13)21-22(27(21,31)32)25(40)37-17-5-6-20(30)18(10-17)23(38)35-15-1-3-16(4-2-15)36-24(39)19-11-26(19,33)34/h1-10,19,21-22H,11H2,(H,35,38)(H,36,39)(H,37,40). The van der Waals surface area contributed by atoms with Gasteiger partial charge in [-0.3, -0.25) is 14.4 Å². The van der Waals surface area contributed by atoms with Crippen LogP contribution in [-0.2, 0) is 9.59 Å². The van der Waals surface area contributed by atoms with Gasteiger partial charge in [-0.2, -0.15) is 0 Å². The fraction of sp³-hybridized carbons (Fsp3) is 0.222. The van der Waals surface area contributed by atoms with E-state index in [0.29, 0.717) is 27.0 Å². The summed E-state index contributed by atoms with van der Waals surface area (Å²) in [4.78, 5) is 37.8. The molecular formula is C27H18Cl5F2N3O3. The normalized spacial score (nSPS) is 21.7. The zero-order valence-corrected chi connectivity index (χ0v) is 23.9. The molecule has 13 heteroatoms. The van der Waals surface area contributed by atoms with Crippen LogP contribution >= 0.6 is 58.0 Å². The lowest BCUT2D eigenvalue weighted by Gasteiger charge is -2.11. The highest BCUT2D eigenvalue weighted by Gasteiger charge is 2.67. The largest absolute Gasteiger partial charge is 0.326 e. The van der Waals surface area contributed by atoms with Crippen LogP contribution in [0.4, 0.5) is 25.8 Å². The molecule has 5 rings (SSSR count). The lowest BCUT2D eigenvalue weighted by atomic mass is 10.1. The number of benzene rings is 3. The van der Waals surface area contributed by atoms with Gasteiger partial charge in [0.25, 0.3) is 11.8 Å². The molecule has 0 aliphatic heterocycles. The maximum Gasteiger partial charge on any atom is 0.260 e. The van der Waals surface area contributed by atoms with Crippen LogP contribution in [0.2, 0.25) is 15.1 Å². The molecule has 2 fully saturated rings. The van der Waals surface area contributed by atoms with Gasteiger partial charge in [-0.05, 0) is 66.2 Å². The number of anilines is 3. The topological polar surface area (TPSA) is 87.3 Å². The molecule has 2 aliphatic carbocycles. The Morgan fingerprint density at radius 2 is 1.27 bits per heavy atom. The third-order valence-corrected chi connectivity index (χ3v) is 8.32. The van der Waals surface area contributed by atoms with Gasteiger partial charge in [0.1, 0.15) is 10.3 Å². The van der Waals surface area contributed by atoms with E-state index in [0.717, 1.165) is 0 Å². The van der Waals surface area contributed by atoms with E-state index in [1.807, 2.05) is 0 Å². The summed E-state index contributed by atoms with van der Waals surface area (Å²) >= 11 is 31.2. The third-order valence-electron chi connectivity index (χ3n) is 6.61. The van der Waals surface area contributed by atoms with Gasteiger partial charge in [0.05, 0.1) is 16.5 Å². The number of nitrogens with one attached hydrogen (secondary N) is 3. The molecule has 3 amide bonds. The smallest absolute Gasteiger partial charge is 0.260 e. The van der Waals surface area contributed by atoms with Gasteiger partial charge in [0.2, 0.25) is 11.8 Å². The first-order valence-electron chi connectivity index (χ1n) is 11.8. The van der Waals surface area contributed by atoms with Gasteiger partial charge in [0.15, 0.2) is 0 Å². The first-order valence-corrected chi connectivity index (χ1v) is 13.7. The van der Waals surface area contributed by atoms with Gasteiger partial charge in [0, 0.05) is 39.4 Å². The number of rotatable bonds is 7. The van der Waals surface area contributed by atoms with Crippen molar-refractivity contribution in [1.29, 1.82) is 0 Å². The Morgan fingerprint density at radius 1 is 0.750 bits per heavy atom. The van der Waals surface area contributed by atoms with Crippen LogP contribution in [0, 0.1) is 11.8 Å². The van der Waals surface area contributed by atoms with Gasteiger partial charge in [-0.15, -0.1) is 23.2 Å². The fourth-order valence-electron chi connectivity index (χ4n) is 4.38. The summed E-state index contributed by atoms with van der Waals surface area (Å²) < 4.78 is 24.8. The SMILES string of the molecule is O=C(Nc1ccc(NC(=O)C2CC2(F)F)cc1)c1cc(NC(=O)C2C(c3cc(Cl)cc(Cl)c3)C2(Cl)Cl)ccc1Cl. The first kappa shape index (κ1) is 28.9. The average Bonchev–Trinajstić information content (AvgIpc) is 3.70.